The Morgan fingerprint density at radius 1 is 1.60 bits per heavy atom. The highest BCUT2D eigenvalue weighted by Crippen LogP contribution is 1.87. The third-order valence-corrected chi connectivity index (χ3v) is 0.851. The van der Waals surface area contributed by atoms with Crippen molar-refractivity contribution in [2.75, 3.05) is 13.5 Å². The molecule has 0 radical (unpaired) electrons. The molecule has 0 saturated heterocycles. The molecule has 5 nitrogen and oxygen atoms in total. The summed E-state index contributed by atoms with van der Waals surface area (Å²) in [6, 6.07) is -0.646. The Balaban J connectivity index is 3.89. The van der Waals surface area contributed by atoms with Crippen LogP contribution in [0.1, 0.15) is 6.92 Å². The summed E-state index contributed by atoms with van der Waals surface area (Å²) >= 11 is 0. The van der Waals surface area contributed by atoms with Crippen LogP contribution in [0, 0.1) is 0 Å². The molecule has 2 N–H and O–H groups in total. The highest BCUT2D eigenvalue weighted by Gasteiger charge is 2.06. The van der Waals surface area contributed by atoms with Crippen molar-refractivity contribution in [3.63, 3.8) is 0 Å². The molecule has 0 aliphatic rings. The monoisotopic (exact) mass is 146 g/mol. The maximum absolute atomic E-state index is 10.6. The summed E-state index contributed by atoms with van der Waals surface area (Å²) in [7, 11) is 0. The molecule has 0 unspecified atom stereocenters. The molecule has 0 aromatic rings. The molecule has 0 aliphatic carbocycles. The fourth-order valence-electron chi connectivity index (χ4n) is 0.358. The molecule has 0 atom stereocenters. The van der Waals surface area contributed by atoms with Crippen molar-refractivity contribution in [3.05, 3.63) is 0 Å². The number of hydrogen-bond donors (Lipinski definition) is 2. The largest absolute Gasteiger partial charge is 0.376 e. The summed E-state index contributed by atoms with van der Waals surface area (Å²) in [6.07, 6.45) is 1.29. The zero-order valence-corrected chi connectivity index (χ0v) is 5.69. The van der Waals surface area contributed by atoms with Crippen LogP contribution in [0.4, 0.5) is 4.79 Å². The number of hydrogen-bond acceptors (Lipinski definition) is 3. The van der Waals surface area contributed by atoms with E-state index in [-0.39, 0.29) is 0 Å². The minimum Gasteiger partial charge on any atom is -0.376 e. The van der Waals surface area contributed by atoms with E-state index >= 15 is 0 Å². The summed E-state index contributed by atoms with van der Waals surface area (Å²) in [5.41, 5.74) is 0. The highest BCUT2D eigenvalue weighted by molar-refractivity contribution is 5.82. The third-order valence-electron chi connectivity index (χ3n) is 0.851. The van der Waals surface area contributed by atoms with Crippen LogP contribution in [-0.2, 0) is 0 Å². The number of rotatable bonds is 2. The van der Waals surface area contributed by atoms with Crippen molar-refractivity contribution in [1.82, 2.24) is 4.90 Å². The molecule has 58 valence electrons. The van der Waals surface area contributed by atoms with Gasteiger partial charge in [0.05, 0.1) is 0 Å². The molecule has 0 aromatic carbocycles. The average molecular weight is 146 g/mol. The second kappa shape index (κ2) is 4.89. The van der Waals surface area contributed by atoms with Gasteiger partial charge in [-0.1, -0.05) is 0 Å². The number of urea groups is 1. The summed E-state index contributed by atoms with van der Waals surface area (Å²) < 4.78 is 0. The number of aliphatic hydroxyl groups excluding tert-OH is 2. The van der Waals surface area contributed by atoms with Gasteiger partial charge in [0.2, 0.25) is 0 Å². The quantitative estimate of drug-likeness (QED) is 0.403. The lowest BCUT2D eigenvalue weighted by Gasteiger charge is -2.11. The number of amides is 2. The van der Waals surface area contributed by atoms with Gasteiger partial charge in [-0.2, -0.15) is 0 Å². The molecule has 0 heterocycles. The van der Waals surface area contributed by atoms with E-state index in [2.05, 4.69) is 4.99 Å². The van der Waals surface area contributed by atoms with E-state index < -0.39 is 19.5 Å². The second-order valence-corrected chi connectivity index (χ2v) is 1.49. The lowest BCUT2D eigenvalue weighted by molar-refractivity contribution is 0.0611. The van der Waals surface area contributed by atoms with E-state index in [1.165, 1.54) is 6.21 Å². The Hall–Kier alpha value is -0.940. The maximum Gasteiger partial charge on any atom is 0.346 e. The topological polar surface area (TPSA) is 73.1 Å². The molecule has 0 aromatic heterocycles. The first-order valence-electron chi connectivity index (χ1n) is 2.75. The molecule has 0 rings (SSSR count). The molecule has 5 heteroatoms. The Morgan fingerprint density at radius 2 is 2.10 bits per heavy atom. The van der Waals surface area contributed by atoms with Crippen LogP contribution < -0.4 is 0 Å². The number of aliphatic imine (C=N–C) groups is 1. The van der Waals surface area contributed by atoms with Crippen molar-refractivity contribution in [1.29, 1.82) is 0 Å². The summed E-state index contributed by atoms with van der Waals surface area (Å²) in [5, 5.41) is 16.8. The van der Waals surface area contributed by atoms with Crippen molar-refractivity contribution in [3.8, 4) is 0 Å². The number of aliphatic hydroxyl groups is 2. The molecule has 2 amide bonds. The van der Waals surface area contributed by atoms with E-state index in [9.17, 15) is 4.79 Å². The second-order valence-electron chi connectivity index (χ2n) is 1.49. The van der Waals surface area contributed by atoms with Crippen LogP contribution in [-0.4, -0.2) is 40.8 Å². The smallest absolute Gasteiger partial charge is 0.346 e. The van der Waals surface area contributed by atoms with Gasteiger partial charge >= 0.3 is 6.03 Å². The van der Waals surface area contributed by atoms with Gasteiger partial charge in [0.1, 0.15) is 13.5 Å². The summed E-state index contributed by atoms with van der Waals surface area (Å²) in [5.74, 6) is 0. The Kier molecular flexibility index (Phi) is 4.43. The fourth-order valence-corrected chi connectivity index (χ4v) is 0.358. The van der Waals surface area contributed by atoms with Crippen LogP contribution in [0.15, 0.2) is 4.99 Å². The Morgan fingerprint density at radius 3 is 2.40 bits per heavy atom. The lowest BCUT2D eigenvalue weighted by Crippen LogP contribution is -2.30. The van der Waals surface area contributed by atoms with Crippen LogP contribution in [0.25, 0.3) is 0 Å². The standard InChI is InChI=1S/C5H10N2O3/c1-2-6-5(10)7(3-8)4-9/h2,8-9H,3-4H2,1H3/b6-2+. The Labute approximate surface area is 58.6 Å². The van der Waals surface area contributed by atoms with Gasteiger partial charge in [-0.05, 0) is 6.92 Å². The molecule has 0 aliphatic heterocycles. The first kappa shape index (κ1) is 9.06. The predicted octanol–water partition coefficient (Wildman–Crippen LogP) is -0.601. The van der Waals surface area contributed by atoms with Crippen molar-refractivity contribution in [2.45, 2.75) is 6.92 Å². The van der Waals surface area contributed by atoms with Crippen LogP contribution in [0.5, 0.6) is 0 Å². The van der Waals surface area contributed by atoms with E-state index in [1.807, 2.05) is 0 Å². The van der Waals surface area contributed by atoms with Gasteiger partial charge in [-0.3, -0.25) is 4.90 Å². The average Bonchev–Trinajstić information content (AvgIpc) is 1.91. The van der Waals surface area contributed by atoms with Crippen molar-refractivity contribution in [2.24, 2.45) is 4.99 Å². The van der Waals surface area contributed by atoms with E-state index in [0.29, 0.717) is 0 Å². The fraction of sp³-hybridized carbons (Fsp3) is 0.600. The molecular formula is C5H10N2O3. The number of nitrogens with zero attached hydrogens (tertiary/aromatic N) is 2. The first-order valence-corrected chi connectivity index (χ1v) is 2.75. The Bertz CT molecular complexity index is 131. The molecule has 10 heavy (non-hydrogen) atoms. The molecule has 0 fully saturated rings. The van der Waals surface area contributed by atoms with Gasteiger partial charge in [-0.25, -0.2) is 9.79 Å². The number of carbonyl (C=O) groups is 1. The lowest BCUT2D eigenvalue weighted by atomic mass is 10.7. The van der Waals surface area contributed by atoms with Gasteiger partial charge in [0, 0.05) is 6.21 Å². The normalized spacial score (nSPS) is 10.3. The van der Waals surface area contributed by atoms with E-state index in [0.717, 1.165) is 4.90 Å². The van der Waals surface area contributed by atoms with Gasteiger partial charge in [-0.15, -0.1) is 0 Å². The zero-order chi connectivity index (χ0) is 7.98. The molecule has 0 bridgehead atoms. The van der Waals surface area contributed by atoms with Crippen molar-refractivity contribution >= 4 is 12.2 Å². The van der Waals surface area contributed by atoms with Crippen LogP contribution >= 0.6 is 0 Å². The molecular weight excluding hydrogens is 136 g/mol. The minimum absolute atomic E-state index is 0.521. The summed E-state index contributed by atoms with van der Waals surface area (Å²) in [6.45, 7) is 0.532. The van der Waals surface area contributed by atoms with Gasteiger partial charge < -0.3 is 10.2 Å². The van der Waals surface area contributed by atoms with E-state index in [4.69, 9.17) is 10.2 Å². The van der Waals surface area contributed by atoms with Crippen LogP contribution in [0.3, 0.4) is 0 Å². The summed E-state index contributed by atoms with van der Waals surface area (Å²) in [4.78, 5) is 14.7. The zero-order valence-electron chi connectivity index (χ0n) is 5.69. The first-order chi connectivity index (χ1) is 4.76. The molecule has 0 spiro atoms. The van der Waals surface area contributed by atoms with Crippen molar-refractivity contribution < 1.29 is 15.0 Å². The highest BCUT2D eigenvalue weighted by atomic mass is 16.3. The minimum atomic E-state index is -0.646. The predicted molar refractivity (Wildman–Crippen MR) is 35.6 cm³/mol. The molecule has 0 saturated carbocycles. The van der Waals surface area contributed by atoms with Gasteiger partial charge in [0.25, 0.3) is 0 Å². The van der Waals surface area contributed by atoms with Crippen LogP contribution in [0.2, 0.25) is 0 Å². The number of carbonyl (C=O) groups excluding carboxylic acids is 1. The van der Waals surface area contributed by atoms with E-state index in [1.54, 1.807) is 6.92 Å². The maximum atomic E-state index is 10.6. The third kappa shape index (κ3) is 2.56. The SMILES string of the molecule is C/C=N/C(=O)N(CO)CO. The van der Waals surface area contributed by atoms with Gasteiger partial charge in [0.15, 0.2) is 0 Å².